The molecular weight excluding hydrogens is 164 g/mol. The van der Waals surface area contributed by atoms with E-state index >= 15 is 0 Å². The van der Waals surface area contributed by atoms with Crippen LogP contribution in [0.1, 0.15) is 34.1 Å². The molecule has 0 aliphatic heterocycles. The van der Waals surface area contributed by atoms with Crippen LogP contribution in [-0.2, 0) is 4.79 Å². The number of hydrogen-bond acceptors (Lipinski definition) is 1. The SMILES string of the molecule is CC(C)(C)CC(C)(Cl)C(=O)O. The van der Waals surface area contributed by atoms with Crippen molar-refractivity contribution in [2.24, 2.45) is 5.41 Å². The Morgan fingerprint density at radius 1 is 1.36 bits per heavy atom. The van der Waals surface area contributed by atoms with Crippen LogP contribution in [0.15, 0.2) is 0 Å². The van der Waals surface area contributed by atoms with Gasteiger partial charge in [-0.15, -0.1) is 11.6 Å². The van der Waals surface area contributed by atoms with Gasteiger partial charge in [0.1, 0.15) is 4.87 Å². The van der Waals surface area contributed by atoms with Crippen LogP contribution in [-0.4, -0.2) is 16.0 Å². The third-order valence-electron chi connectivity index (χ3n) is 1.31. The summed E-state index contributed by atoms with van der Waals surface area (Å²) in [6, 6.07) is 0. The number of carbonyl (C=O) groups is 1. The molecule has 0 aliphatic rings. The number of aliphatic carboxylic acids is 1. The van der Waals surface area contributed by atoms with Crippen molar-refractivity contribution in [1.82, 2.24) is 0 Å². The fraction of sp³-hybridized carbons (Fsp3) is 0.875. The molecule has 1 atom stereocenters. The summed E-state index contributed by atoms with van der Waals surface area (Å²) in [6.07, 6.45) is 0.469. The molecule has 0 aromatic heterocycles. The monoisotopic (exact) mass is 178 g/mol. The van der Waals surface area contributed by atoms with Gasteiger partial charge in [0.2, 0.25) is 0 Å². The van der Waals surface area contributed by atoms with E-state index in [4.69, 9.17) is 16.7 Å². The molecule has 0 aromatic rings. The molecule has 0 aromatic carbocycles. The Morgan fingerprint density at radius 3 is 1.82 bits per heavy atom. The fourth-order valence-electron chi connectivity index (χ4n) is 1.07. The maximum atomic E-state index is 10.6. The van der Waals surface area contributed by atoms with Gasteiger partial charge in [0.15, 0.2) is 0 Å². The molecule has 3 heteroatoms. The lowest BCUT2D eigenvalue weighted by Crippen LogP contribution is -2.33. The topological polar surface area (TPSA) is 37.3 Å². The molecule has 0 amide bonds. The molecular formula is C8H15ClO2. The largest absolute Gasteiger partial charge is 0.480 e. The highest BCUT2D eigenvalue weighted by Crippen LogP contribution is 2.31. The number of rotatable bonds is 2. The second-order valence-corrected chi connectivity index (χ2v) is 5.07. The molecule has 11 heavy (non-hydrogen) atoms. The van der Waals surface area contributed by atoms with Crippen molar-refractivity contribution in [3.8, 4) is 0 Å². The lowest BCUT2D eigenvalue weighted by Gasteiger charge is -2.26. The highest BCUT2D eigenvalue weighted by molar-refractivity contribution is 6.33. The molecule has 2 nitrogen and oxygen atoms in total. The smallest absolute Gasteiger partial charge is 0.324 e. The first-order valence-corrected chi connectivity index (χ1v) is 3.95. The van der Waals surface area contributed by atoms with Gasteiger partial charge in [-0.1, -0.05) is 20.8 Å². The molecule has 0 rings (SSSR count). The van der Waals surface area contributed by atoms with Gasteiger partial charge in [0.25, 0.3) is 0 Å². The molecule has 0 aliphatic carbocycles. The van der Waals surface area contributed by atoms with E-state index in [0.29, 0.717) is 6.42 Å². The average Bonchev–Trinajstić information content (AvgIpc) is 1.56. The quantitative estimate of drug-likeness (QED) is 0.660. The number of hydrogen-bond donors (Lipinski definition) is 1. The van der Waals surface area contributed by atoms with Crippen molar-refractivity contribution < 1.29 is 9.90 Å². The van der Waals surface area contributed by atoms with Crippen molar-refractivity contribution in [3.63, 3.8) is 0 Å². The van der Waals surface area contributed by atoms with Gasteiger partial charge in [-0.05, 0) is 18.8 Å². The van der Waals surface area contributed by atoms with Crippen molar-refractivity contribution in [2.75, 3.05) is 0 Å². The van der Waals surface area contributed by atoms with Crippen LogP contribution in [0.25, 0.3) is 0 Å². The highest BCUT2D eigenvalue weighted by atomic mass is 35.5. The normalized spacial score (nSPS) is 17.5. The summed E-state index contributed by atoms with van der Waals surface area (Å²) in [4.78, 5) is 9.44. The highest BCUT2D eigenvalue weighted by Gasteiger charge is 2.34. The standard InChI is InChI=1S/C8H15ClO2/c1-7(2,3)5-8(4,9)6(10)11/h5H2,1-4H3,(H,10,11). The Bertz CT molecular complexity index is 156. The molecule has 66 valence electrons. The zero-order chi connectivity index (χ0) is 9.28. The minimum atomic E-state index is -1.13. The Labute approximate surface area is 72.6 Å². The third-order valence-corrected chi connectivity index (χ3v) is 1.60. The summed E-state index contributed by atoms with van der Waals surface area (Å²) in [6.45, 7) is 7.44. The first-order valence-electron chi connectivity index (χ1n) is 3.57. The lowest BCUT2D eigenvalue weighted by atomic mass is 9.85. The van der Waals surface area contributed by atoms with Gasteiger partial charge in [0, 0.05) is 0 Å². The first kappa shape index (κ1) is 10.8. The van der Waals surface area contributed by atoms with Crippen LogP contribution < -0.4 is 0 Å². The van der Waals surface area contributed by atoms with Crippen molar-refractivity contribution in [1.29, 1.82) is 0 Å². The van der Waals surface area contributed by atoms with Gasteiger partial charge in [-0.25, -0.2) is 0 Å². The van der Waals surface area contributed by atoms with Gasteiger partial charge in [-0.3, -0.25) is 4.79 Å². The summed E-state index contributed by atoms with van der Waals surface area (Å²) in [5.41, 5.74) is -0.0467. The number of carboxylic acid groups (broad SMARTS) is 1. The molecule has 0 spiro atoms. The van der Waals surface area contributed by atoms with Crippen molar-refractivity contribution in [3.05, 3.63) is 0 Å². The van der Waals surface area contributed by atoms with Crippen LogP contribution in [0.2, 0.25) is 0 Å². The van der Waals surface area contributed by atoms with E-state index < -0.39 is 10.8 Å². The van der Waals surface area contributed by atoms with Crippen molar-refractivity contribution in [2.45, 2.75) is 39.0 Å². The second kappa shape index (κ2) is 3.02. The maximum absolute atomic E-state index is 10.6. The maximum Gasteiger partial charge on any atom is 0.324 e. The van der Waals surface area contributed by atoms with Crippen molar-refractivity contribution >= 4 is 17.6 Å². The fourth-order valence-corrected chi connectivity index (χ4v) is 1.47. The Hall–Kier alpha value is -0.240. The molecule has 1 N–H and O–H groups in total. The molecule has 0 saturated carbocycles. The summed E-state index contributed by atoms with van der Waals surface area (Å²) in [5.74, 6) is -0.950. The van der Waals surface area contributed by atoms with Crippen LogP contribution >= 0.6 is 11.6 Å². The summed E-state index contributed by atoms with van der Waals surface area (Å²) < 4.78 is 0. The van der Waals surface area contributed by atoms with Crippen LogP contribution in [0.4, 0.5) is 0 Å². The Morgan fingerprint density at radius 2 is 1.73 bits per heavy atom. The van der Waals surface area contributed by atoms with E-state index in [1.165, 1.54) is 6.92 Å². The molecule has 1 unspecified atom stereocenters. The zero-order valence-electron chi connectivity index (χ0n) is 7.44. The van der Waals surface area contributed by atoms with E-state index in [0.717, 1.165) is 0 Å². The zero-order valence-corrected chi connectivity index (χ0v) is 8.20. The number of carboxylic acids is 1. The predicted molar refractivity (Wildman–Crippen MR) is 46.0 cm³/mol. The van der Waals surface area contributed by atoms with E-state index in [9.17, 15) is 4.79 Å². The molecule has 0 fully saturated rings. The number of halogens is 1. The summed E-state index contributed by atoms with van der Waals surface area (Å²) in [5, 5.41) is 8.67. The van der Waals surface area contributed by atoms with E-state index in [1.54, 1.807) is 0 Å². The molecule has 0 saturated heterocycles. The van der Waals surface area contributed by atoms with E-state index in [2.05, 4.69) is 0 Å². The molecule has 0 bridgehead atoms. The minimum Gasteiger partial charge on any atom is -0.480 e. The molecule has 0 heterocycles. The van der Waals surface area contributed by atoms with Crippen LogP contribution in [0, 0.1) is 5.41 Å². The average molecular weight is 179 g/mol. The van der Waals surface area contributed by atoms with Gasteiger partial charge < -0.3 is 5.11 Å². The predicted octanol–water partition coefficient (Wildman–Crippen LogP) is 2.50. The minimum absolute atomic E-state index is 0.0467. The summed E-state index contributed by atoms with van der Waals surface area (Å²) >= 11 is 5.76. The van der Waals surface area contributed by atoms with Gasteiger partial charge >= 0.3 is 5.97 Å². The van der Waals surface area contributed by atoms with E-state index in [-0.39, 0.29) is 5.41 Å². The number of alkyl halides is 1. The van der Waals surface area contributed by atoms with Crippen LogP contribution in [0.3, 0.4) is 0 Å². The Kier molecular flexibility index (Phi) is 2.95. The first-order chi connectivity index (χ1) is 4.65. The lowest BCUT2D eigenvalue weighted by molar-refractivity contribution is -0.140. The second-order valence-electron chi connectivity index (χ2n) is 4.24. The summed E-state index contributed by atoms with van der Waals surface area (Å²) in [7, 11) is 0. The molecule has 0 radical (unpaired) electrons. The van der Waals surface area contributed by atoms with Gasteiger partial charge in [-0.2, -0.15) is 0 Å². The van der Waals surface area contributed by atoms with Crippen LogP contribution in [0.5, 0.6) is 0 Å². The van der Waals surface area contributed by atoms with Gasteiger partial charge in [0.05, 0.1) is 0 Å². The Balaban J connectivity index is 4.25. The third kappa shape index (κ3) is 4.25. The van der Waals surface area contributed by atoms with E-state index in [1.807, 2.05) is 20.8 Å².